The maximum absolute atomic E-state index is 11.5. The number of nitrogens with zero attached hydrogens (tertiary/aromatic N) is 1. The first-order chi connectivity index (χ1) is 14.6. The average molecular weight is 428 g/mol. The highest BCUT2D eigenvalue weighted by Crippen LogP contribution is 2.23. The molecule has 0 bridgehead atoms. The Morgan fingerprint density at radius 3 is 2.29 bits per heavy atom. The van der Waals surface area contributed by atoms with Crippen molar-refractivity contribution < 1.29 is 24.2 Å². The molecule has 1 N–H and O–H groups in total. The summed E-state index contributed by atoms with van der Waals surface area (Å²) in [6.07, 6.45) is 0.737. The lowest BCUT2D eigenvalue weighted by atomic mass is 9.87. The fourth-order valence-corrected chi connectivity index (χ4v) is 3.05. The Morgan fingerprint density at radius 2 is 1.74 bits per heavy atom. The van der Waals surface area contributed by atoms with E-state index >= 15 is 0 Å². The van der Waals surface area contributed by atoms with Crippen molar-refractivity contribution in [2.24, 2.45) is 5.16 Å². The average Bonchev–Trinajstić information content (AvgIpc) is 2.70. The lowest BCUT2D eigenvalue weighted by molar-refractivity contribution is -0.153. The molecule has 2 aromatic carbocycles. The molecule has 0 amide bonds. The third kappa shape index (κ3) is 7.72. The molecule has 0 aliphatic heterocycles. The number of aliphatic carboxylic acids is 1. The highest BCUT2D eigenvalue weighted by Gasteiger charge is 2.20. The smallest absolute Gasteiger partial charge is 0.333 e. The summed E-state index contributed by atoms with van der Waals surface area (Å²) in [4.78, 5) is 16.9. The van der Waals surface area contributed by atoms with Gasteiger partial charge in [0.05, 0.1) is 19.4 Å². The first-order valence-electron chi connectivity index (χ1n) is 10.4. The Morgan fingerprint density at radius 1 is 1.10 bits per heavy atom. The van der Waals surface area contributed by atoms with Crippen LogP contribution in [0.15, 0.2) is 47.6 Å². The van der Waals surface area contributed by atoms with Crippen molar-refractivity contribution in [2.45, 2.75) is 65.3 Å². The monoisotopic (exact) mass is 427 g/mol. The minimum atomic E-state index is -0.986. The summed E-state index contributed by atoms with van der Waals surface area (Å²) >= 11 is 0. The Kier molecular flexibility index (Phi) is 8.63. The molecule has 6 nitrogen and oxygen atoms in total. The van der Waals surface area contributed by atoms with E-state index in [1.807, 2.05) is 38.1 Å². The highest BCUT2D eigenvalue weighted by atomic mass is 16.6. The molecule has 31 heavy (non-hydrogen) atoms. The summed E-state index contributed by atoms with van der Waals surface area (Å²) in [6, 6.07) is 13.7. The third-order valence-corrected chi connectivity index (χ3v) is 4.74. The van der Waals surface area contributed by atoms with Gasteiger partial charge in [-0.15, -0.1) is 0 Å². The number of carboxylic acid groups (broad SMARTS) is 1. The van der Waals surface area contributed by atoms with Crippen LogP contribution in [0.5, 0.6) is 5.75 Å². The predicted molar refractivity (Wildman–Crippen MR) is 122 cm³/mol. The van der Waals surface area contributed by atoms with Gasteiger partial charge in [0, 0.05) is 12.0 Å². The van der Waals surface area contributed by atoms with Crippen LogP contribution in [0.25, 0.3) is 0 Å². The van der Waals surface area contributed by atoms with Crippen LogP contribution in [0.3, 0.4) is 0 Å². The van der Waals surface area contributed by atoms with Gasteiger partial charge in [-0.2, -0.15) is 0 Å². The van der Waals surface area contributed by atoms with E-state index in [9.17, 15) is 9.90 Å². The van der Waals surface area contributed by atoms with Gasteiger partial charge in [0.1, 0.15) is 12.4 Å². The number of carboxylic acids is 1. The van der Waals surface area contributed by atoms with Crippen LogP contribution in [0.2, 0.25) is 0 Å². The van der Waals surface area contributed by atoms with Crippen LogP contribution < -0.4 is 4.74 Å². The van der Waals surface area contributed by atoms with E-state index in [0.29, 0.717) is 17.9 Å². The second kappa shape index (κ2) is 11.0. The molecule has 1 atom stereocenters. The zero-order chi connectivity index (χ0) is 23.0. The van der Waals surface area contributed by atoms with Crippen LogP contribution in [0, 0.1) is 0 Å². The minimum absolute atomic E-state index is 0.110. The van der Waals surface area contributed by atoms with Crippen molar-refractivity contribution in [3.8, 4) is 5.75 Å². The molecule has 2 rings (SSSR count). The van der Waals surface area contributed by atoms with Crippen molar-refractivity contribution in [1.29, 1.82) is 0 Å². The second-order valence-electron chi connectivity index (χ2n) is 8.75. The molecule has 1 unspecified atom stereocenters. The molecule has 0 saturated carbocycles. The third-order valence-electron chi connectivity index (χ3n) is 4.74. The predicted octanol–water partition coefficient (Wildman–Crippen LogP) is 4.96. The van der Waals surface area contributed by atoms with Gasteiger partial charge in [0.2, 0.25) is 0 Å². The number of ether oxygens (including phenoxy) is 2. The van der Waals surface area contributed by atoms with Crippen LogP contribution in [0.1, 0.15) is 56.9 Å². The van der Waals surface area contributed by atoms with Gasteiger partial charge in [0.25, 0.3) is 0 Å². The summed E-state index contributed by atoms with van der Waals surface area (Å²) in [6.45, 7) is 10.5. The second-order valence-corrected chi connectivity index (χ2v) is 8.75. The molecule has 0 saturated heterocycles. The molecule has 2 aromatic rings. The standard InChI is InChI=1S/C25H33NO5/c1-17(2)31-23(24(27)28)14-19-9-12-22(29-6)20(13-19)15-26-30-16-18-7-10-21(11-8-18)25(3,4)5/h7-13,15,17,23H,14,16H2,1-6H3,(H,27,28). The highest BCUT2D eigenvalue weighted by molar-refractivity contribution is 5.83. The molecule has 0 fully saturated rings. The molecular weight excluding hydrogens is 394 g/mol. The van der Waals surface area contributed by atoms with Gasteiger partial charge in [0.15, 0.2) is 6.10 Å². The van der Waals surface area contributed by atoms with Crippen LogP contribution in [-0.2, 0) is 32.8 Å². The fourth-order valence-electron chi connectivity index (χ4n) is 3.05. The molecule has 0 aromatic heterocycles. The Labute approximate surface area is 184 Å². The van der Waals surface area contributed by atoms with E-state index in [-0.39, 0.29) is 17.9 Å². The molecule has 0 aliphatic carbocycles. The van der Waals surface area contributed by atoms with E-state index in [2.05, 4.69) is 38.1 Å². The first kappa shape index (κ1) is 24.4. The number of hydrogen-bond acceptors (Lipinski definition) is 5. The van der Waals surface area contributed by atoms with Gasteiger partial charge in [-0.05, 0) is 48.1 Å². The minimum Gasteiger partial charge on any atom is -0.496 e. The van der Waals surface area contributed by atoms with Gasteiger partial charge >= 0.3 is 5.97 Å². The maximum atomic E-state index is 11.5. The van der Waals surface area contributed by atoms with Crippen molar-refractivity contribution in [2.75, 3.05) is 7.11 Å². The topological polar surface area (TPSA) is 77.4 Å². The van der Waals surface area contributed by atoms with Crippen molar-refractivity contribution in [3.05, 3.63) is 64.7 Å². The summed E-state index contributed by atoms with van der Waals surface area (Å²) in [5.74, 6) is -0.358. The molecule has 0 heterocycles. The maximum Gasteiger partial charge on any atom is 0.333 e. The number of oxime groups is 1. The molecule has 0 spiro atoms. The van der Waals surface area contributed by atoms with E-state index < -0.39 is 12.1 Å². The van der Waals surface area contributed by atoms with Gasteiger partial charge < -0.3 is 19.4 Å². The van der Waals surface area contributed by atoms with Crippen LogP contribution in [-0.4, -0.2) is 36.6 Å². The summed E-state index contributed by atoms with van der Waals surface area (Å²) in [5, 5.41) is 13.5. The van der Waals surface area contributed by atoms with Gasteiger partial charge in [-0.25, -0.2) is 4.79 Å². The largest absolute Gasteiger partial charge is 0.496 e. The van der Waals surface area contributed by atoms with Crippen molar-refractivity contribution in [3.63, 3.8) is 0 Å². The Balaban J connectivity index is 2.05. The number of carbonyl (C=O) groups is 1. The van der Waals surface area contributed by atoms with Crippen molar-refractivity contribution in [1.82, 2.24) is 0 Å². The zero-order valence-electron chi connectivity index (χ0n) is 19.2. The lowest BCUT2D eigenvalue weighted by Crippen LogP contribution is -2.29. The summed E-state index contributed by atoms with van der Waals surface area (Å²) in [7, 11) is 1.58. The lowest BCUT2D eigenvalue weighted by Gasteiger charge is -2.18. The van der Waals surface area contributed by atoms with Crippen LogP contribution in [0.4, 0.5) is 0 Å². The normalized spacial score (nSPS) is 12.9. The van der Waals surface area contributed by atoms with E-state index in [1.165, 1.54) is 5.56 Å². The number of hydrogen-bond donors (Lipinski definition) is 1. The quantitative estimate of drug-likeness (QED) is 0.428. The number of methoxy groups -OCH3 is 1. The molecule has 168 valence electrons. The van der Waals surface area contributed by atoms with E-state index in [0.717, 1.165) is 11.1 Å². The molecule has 0 aliphatic rings. The first-order valence-corrected chi connectivity index (χ1v) is 10.4. The Bertz CT molecular complexity index is 882. The van der Waals surface area contributed by atoms with E-state index in [4.69, 9.17) is 14.3 Å². The zero-order valence-corrected chi connectivity index (χ0v) is 19.2. The summed E-state index contributed by atoms with van der Waals surface area (Å²) < 4.78 is 10.9. The summed E-state index contributed by atoms with van der Waals surface area (Å²) in [5.41, 5.74) is 3.92. The van der Waals surface area contributed by atoms with Gasteiger partial charge in [-0.3, -0.25) is 0 Å². The molecule has 6 heteroatoms. The Hall–Kier alpha value is -2.86. The van der Waals surface area contributed by atoms with Crippen LogP contribution >= 0.6 is 0 Å². The fraction of sp³-hybridized carbons (Fsp3) is 0.440. The van der Waals surface area contributed by atoms with Crippen molar-refractivity contribution >= 4 is 12.2 Å². The van der Waals surface area contributed by atoms with E-state index in [1.54, 1.807) is 19.4 Å². The molecular formula is C25H33NO5. The molecule has 0 radical (unpaired) electrons. The number of rotatable bonds is 10. The SMILES string of the molecule is COc1ccc(CC(OC(C)C)C(=O)O)cc1C=NOCc1ccc(C(C)(C)C)cc1. The van der Waals surface area contributed by atoms with Gasteiger partial charge in [-0.1, -0.05) is 56.3 Å². The number of benzene rings is 2.